The van der Waals surface area contributed by atoms with Crippen molar-refractivity contribution in [2.24, 2.45) is 0 Å². The van der Waals surface area contributed by atoms with Crippen LogP contribution in [-0.2, 0) is 16.1 Å². The van der Waals surface area contributed by atoms with E-state index in [0.717, 1.165) is 35.5 Å². The number of hydrogen-bond donors (Lipinski definition) is 1. The summed E-state index contributed by atoms with van der Waals surface area (Å²) in [6.07, 6.45) is 3.63. The molecule has 174 valence electrons. The van der Waals surface area contributed by atoms with Crippen molar-refractivity contribution in [2.45, 2.75) is 63.4 Å². The number of nitrogens with one attached hydrogen (secondary N) is 1. The first kappa shape index (κ1) is 26.6. The monoisotopic (exact) mass is 494 g/mol. The lowest BCUT2D eigenvalue weighted by Crippen LogP contribution is -2.49. The molecular weight excluding hydrogens is 463 g/mol. The number of rotatable bonds is 13. The zero-order chi connectivity index (χ0) is 23.3. The van der Waals surface area contributed by atoms with Crippen molar-refractivity contribution in [1.82, 2.24) is 10.2 Å². The minimum Gasteiger partial charge on any atom is -0.354 e. The Labute approximate surface area is 206 Å². The zero-order valence-corrected chi connectivity index (χ0v) is 21.1. The summed E-state index contributed by atoms with van der Waals surface area (Å²) in [5.74, 6) is 0.731. The largest absolute Gasteiger partial charge is 0.354 e. The van der Waals surface area contributed by atoms with E-state index < -0.39 is 6.04 Å². The minimum absolute atomic E-state index is 0.00542. The highest BCUT2D eigenvalue weighted by Gasteiger charge is 2.28. The van der Waals surface area contributed by atoms with Gasteiger partial charge in [0.1, 0.15) is 6.04 Å². The van der Waals surface area contributed by atoms with Gasteiger partial charge in [-0.15, -0.1) is 11.8 Å². The molecule has 2 rings (SSSR count). The van der Waals surface area contributed by atoms with E-state index in [9.17, 15) is 9.59 Å². The van der Waals surface area contributed by atoms with E-state index in [1.54, 1.807) is 16.7 Å². The molecule has 0 aliphatic carbocycles. The highest BCUT2D eigenvalue weighted by Crippen LogP contribution is 2.22. The molecule has 0 saturated carbocycles. The molecule has 32 heavy (non-hydrogen) atoms. The van der Waals surface area contributed by atoms with Crippen LogP contribution in [0.15, 0.2) is 53.4 Å². The number of nitrogens with zero attached hydrogens (tertiary/aromatic N) is 1. The second-order valence-electron chi connectivity index (χ2n) is 7.62. The van der Waals surface area contributed by atoms with Crippen LogP contribution in [0.2, 0.25) is 10.0 Å². The Bertz CT molecular complexity index is 844. The average Bonchev–Trinajstić information content (AvgIpc) is 2.79. The summed E-state index contributed by atoms with van der Waals surface area (Å²) in [5.41, 5.74) is 0.957. The molecule has 2 amide bonds. The molecule has 0 aliphatic rings. The van der Waals surface area contributed by atoms with E-state index in [0.29, 0.717) is 36.0 Å². The summed E-state index contributed by atoms with van der Waals surface area (Å²) >= 11 is 13.6. The Hall–Kier alpha value is -1.69. The molecule has 0 heterocycles. The standard InChI is InChI=1S/C25H32Cl2N2O2S/c1-3-5-16-28-25(31)23(4-2)29(18-19-8-10-20(26)11-9-19)24(30)7-6-17-32-22-14-12-21(27)13-15-22/h8-15,23H,3-7,16-18H2,1-2H3,(H,28,31). The first-order valence-corrected chi connectivity index (χ1v) is 12.9. The number of amides is 2. The predicted octanol–water partition coefficient (Wildman–Crippen LogP) is 6.59. The average molecular weight is 496 g/mol. The second-order valence-corrected chi connectivity index (χ2v) is 9.66. The molecule has 0 bridgehead atoms. The van der Waals surface area contributed by atoms with Gasteiger partial charge in [0.15, 0.2) is 0 Å². The van der Waals surface area contributed by atoms with E-state index in [4.69, 9.17) is 23.2 Å². The van der Waals surface area contributed by atoms with Crippen LogP contribution in [0.25, 0.3) is 0 Å². The molecule has 0 aromatic heterocycles. The van der Waals surface area contributed by atoms with Crippen LogP contribution in [0.3, 0.4) is 0 Å². The number of carbonyl (C=O) groups excluding carboxylic acids is 2. The van der Waals surface area contributed by atoms with Gasteiger partial charge in [0.25, 0.3) is 0 Å². The van der Waals surface area contributed by atoms with Crippen LogP contribution in [0.5, 0.6) is 0 Å². The summed E-state index contributed by atoms with van der Waals surface area (Å²) < 4.78 is 0. The number of carbonyl (C=O) groups is 2. The molecule has 0 spiro atoms. The Morgan fingerprint density at radius 3 is 2.19 bits per heavy atom. The van der Waals surface area contributed by atoms with E-state index in [1.165, 1.54) is 0 Å². The lowest BCUT2D eigenvalue weighted by atomic mass is 10.1. The molecule has 1 atom stereocenters. The number of hydrogen-bond acceptors (Lipinski definition) is 3. The number of thioether (sulfide) groups is 1. The normalized spacial score (nSPS) is 11.8. The van der Waals surface area contributed by atoms with Crippen molar-refractivity contribution in [1.29, 1.82) is 0 Å². The lowest BCUT2D eigenvalue weighted by molar-refractivity contribution is -0.141. The summed E-state index contributed by atoms with van der Waals surface area (Å²) in [7, 11) is 0. The van der Waals surface area contributed by atoms with Gasteiger partial charge in [-0.1, -0.05) is 55.6 Å². The maximum atomic E-state index is 13.2. The molecule has 0 fully saturated rings. The molecule has 2 aromatic carbocycles. The molecule has 1 N–H and O–H groups in total. The van der Waals surface area contributed by atoms with Crippen LogP contribution in [0.4, 0.5) is 0 Å². The number of benzene rings is 2. The fourth-order valence-corrected chi connectivity index (χ4v) is 4.40. The van der Waals surface area contributed by atoms with E-state index in [2.05, 4.69) is 12.2 Å². The van der Waals surface area contributed by atoms with Crippen molar-refractivity contribution in [3.05, 3.63) is 64.1 Å². The smallest absolute Gasteiger partial charge is 0.242 e. The van der Waals surface area contributed by atoms with Crippen molar-refractivity contribution >= 4 is 46.8 Å². The quantitative estimate of drug-likeness (QED) is 0.252. The van der Waals surface area contributed by atoms with Gasteiger partial charge < -0.3 is 10.2 Å². The number of unbranched alkanes of at least 4 members (excludes halogenated alkanes) is 1. The highest BCUT2D eigenvalue weighted by molar-refractivity contribution is 7.99. The van der Waals surface area contributed by atoms with Crippen LogP contribution in [0.1, 0.15) is 51.5 Å². The molecule has 2 aromatic rings. The van der Waals surface area contributed by atoms with Gasteiger partial charge in [0.05, 0.1) is 0 Å². The summed E-state index contributed by atoms with van der Waals surface area (Å²) in [5, 5.41) is 4.35. The van der Waals surface area contributed by atoms with Gasteiger partial charge in [-0.05, 0) is 67.0 Å². The van der Waals surface area contributed by atoms with Crippen molar-refractivity contribution in [2.75, 3.05) is 12.3 Å². The maximum absolute atomic E-state index is 13.2. The highest BCUT2D eigenvalue weighted by atomic mass is 35.5. The van der Waals surface area contributed by atoms with Gasteiger partial charge in [-0.3, -0.25) is 9.59 Å². The van der Waals surface area contributed by atoms with Crippen LogP contribution in [0, 0.1) is 0 Å². The van der Waals surface area contributed by atoms with Crippen LogP contribution < -0.4 is 5.32 Å². The maximum Gasteiger partial charge on any atom is 0.242 e. The third kappa shape index (κ3) is 9.05. The second kappa shape index (κ2) is 14.5. The SMILES string of the molecule is CCCCNC(=O)C(CC)N(Cc1ccc(Cl)cc1)C(=O)CCCSc1ccc(Cl)cc1. The fraction of sp³-hybridized carbons (Fsp3) is 0.440. The Balaban J connectivity index is 2.02. The van der Waals surface area contributed by atoms with Crippen molar-refractivity contribution < 1.29 is 9.59 Å². The fourth-order valence-electron chi connectivity index (χ4n) is 3.30. The topological polar surface area (TPSA) is 49.4 Å². The number of halogens is 2. The van der Waals surface area contributed by atoms with Gasteiger partial charge in [0, 0.05) is 34.5 Å². The van der Waals surface area contributed by atoms with Gasteiger partial charge in [-0.2, -0.15) is 0 Å². The van der Waals surface area contributed by atoms with E-state index in [1.807, 2.05) is 55.5 Å². The molecule has 4 nitrogen and oxygen atoms in total. The van der Waals surface area contributed by atoms with Gasteiger partial charge >= 0.3 is 0 Å². The molecule has 0 saturated heterocycles. The van der Waals surface area contributed by atoms with Gasteiger partial charge in [-0.25, -0.2) is 0 Å². The summed E-state index contributed by atoms with van der Waals surface area (Å²) in [4.78, 5) is 28.9. The molecular formula is C25H32Cl2N2O2S. The van der Waals surface area contributed by atoms with Crippen molar-refractivity contribution in [3.8, 4) is 0 Å². The Morgan fingerprint density at radius 1 is 0.969 bits per heavy atom. The molecule has 0 aliphatic heterocycles. The first-order chi connectivity index (χ1) is 15.4. The lowest BCUT2D eigenvalue weighted by Gasteiger charge is -2.31. The molecule has 0 radical (unpaired) electrons. The predicted molar refractivity (Wildman–Crippen MR) is 135 cm³/mol. The minimum atomic E-state index is -0.487. The van der Waals surface area contributed by atoms with E-state index in [-0.39, 0.29) is 11.8 Å². The van der Waals surface area contributed by atoms with Gasteiger partial charge in [0.2, 0.25) is 11.8 Å². The molecule has 7 heteroatoms. The third-order valence-corrected chi connectivity index (χ3v) is 6.70. The first-order valence-electron chi connectivity index (χ1n) is 11.1. The Kier molecular flexibility index (Phi) is 12.0. The summed E-state index contributed by atoms with van der Waals surface area (Å²) in [6.45, 7) is 5.05. The third-order valence-electron chi connectivity index (χ3n) is 5.10. The van der Waals surface area contributed by atoms with E-state index >= 15 is 0 Å². The van der Waals surface area contributed by atoms with Crippen LogP contribution >= 0.6 is 35.0 Å². The van der Waals surface area contributed by atoms with Crippen molar-refractivity contribution in [3.63, 3.8) is 0 Å². The Morgan fingerprint density at radius 2 is 1.59 bits per heavy atom. The zero-order valence-electron chi connectivity index (χ0n) is 18.8. The summed E-state index contributed by atoms with van der Waals surface area (Å²) in [6, 6.07) is 14.6. The van der Waals surface area contributed by atoms with Crippen LogP contribution in [-0.4, -0.2) is 35.1 Å². The molecule has 1 unspecified atom stereocenters.